The van der Waals surface area contributed by atoms with Crippen LogP contribution in [0.15, 0.2) is 24.3 Å². The summed E-state index contributed by atoms with van der Waals surface area (Å²) in [5.74, 6) is -1.18. The minimum absolute atomic E-state index is 0.115. The average molecular weight is 269 g/mol. The molecule has 0 saturated carbocycles. The predicted octanol–water partition coefficient (Wildman–Crippen LogP) is 1.31. The summed E-state index contributed by atoms with van der Waals surface area (Å²) in [5, 5.41) is 8.86. The minimum atomic E-state index is -3.32. The number of carboxylic acids is 1. The molecular weight excluding hydrogens is 254 g/mol. The quantitative estimate of drug-likeness (QED) is 0.894. The van der Waals surface area contributed by atoms with Crippen molar-refractivity contribution in [2.45, 2.75) is 18.6 Å². The molecule has 0 aliphatic carbocycles. The topological polar surface area (TPSA) is 74.7 Å². The number of aromatic carboxylic acids is 1. The van der Waals surface area contributed by atoms with E-state index in [1.165, 1.54) is 16.4 Å². The van der Waals surface area contributed by atoms with Crippen molar-refractivity contribution >= 4 is 16.0 Å². The maximum absolute atomic E-state index is 12.1. The van der Waals surface area contributed by atoms with E-state index in [1.54, 1.807) is 12.1 Å². The van der Waals surface area contributed by atoms with Crippen molar-refractivity contribution in [1.82, 2.24) is 4.31 Å². The van der Waals surface area contributed by atoms with Gasteiger partial charge in [-0.1, -0.05) is 12.1 Å². The van der Waals surface area contributed by atoms with Crippen LogP contribution >= 0.6 is 0 Å². The first-order valence-electron chi connectivity index (χ1n) is 5.79. The summed E-state index contributed by atoms with van der Waals surface area (Å²) in [4.78, 5) is 10.8. The molecule has 1 aliphatic heterocycles. The molecule has 6 heteroatoms. The molecule has 0 bridgehead atoms. The summed E-state index contributed by atoms with van der Waals surface area (Å²) in [5.41, 5.74) is 0.630. The van der Waals surface area contributed by atoms with Crippen molar-refractivity contribution in [3.8, 4) is 0 Å². The summed E-state index contributed by atoms with van der Waals surface area (Å²) in [6.07, 6.45) is 1.79. The van der Waals surface area contributed by atoms with E-state index < -0.39 is 16.0 Å². The Hall–Kier alpha value is -1.40. The lowest BCUT2D eigenvalue weighted by Gasteiger charge is -2.15. The molecule has 1 aliphatic rings. The van der Waals surface area contributed by atoms with E-state index in [9.17, 15) is 13.2 Å². The number of carbonyl (C=O) groups is 1. The molecule has 1 aromatic carbocycles. The van der Waals surface area contributed by atoms with E-state index in [1.807, 2.05) is 0 Å². The second-order valence-electron chi connectivity index (χ2n) is 4.37. The van der Waals surface area contributed by atoms with E-state index in [4.69, 9.17) is 5.11 Å². The van der Waals surface area contributed by atoms with Crippen LogP contribution in [0.2, 0.25) is 0 Å². The summed E-state index contributed by atoms with van der Waals surface area (Å²) in [6.45, 7) is 1.14. The minimum Gasteiger partial charge on any atom is -0.478 e. The van der Waals surface area contributed by atoms with Gasteiger partial charge in [-0.2, -0.15) is 0 Å². The van der Waals surface area contributed by atoms with Gasteiger partial charge in [0.1, 0.15) is 0 Å². The zero-order chi connectivity index (χ0) is 13.2. The van der Waals surface area contributed by atoms with Crippen LogP contribution in [0.4, 0.5) is 0 Å². The van der Waals surface area contributed by atoms with Crippen LogP contribution < -0.4 is 0 Å². The number of rotatable bonds is 4. The van der Waals surface area contributed by atoms with Gasteiger partial charge in [-0.3, -0.25) is 0 Å². The normalized spacial score (nSPS) is 16.9. The van der Waals surface area contributed by atoms with Crippen molar-refractivity contribution in [2.24, 2.45) is 0 Å². The number of hydrogen-bond acceptors (Lipinski definition) is 3. The summed E-state index contributed by atoms with van der Waals surface area (Å²) >= 11 is 0. The Kier molecular flexibility index (Phi) is 3.68. The van der Waals surface area contributed by atoms with Gasteiger partial charge in [0.25, 0.3) is 0 Å². The van der Waals surface area contributed by atoms with Crippen LogP contribution in [0.5, 0.6) is 0 Å². The lowest BCUT2D eigenvalue weighted by molar-refractivity contribution is 0.0696. The van der Waals surface area contributed by atoms with E-state index >= 15 is 0 Å². The maximum Gasteiger partial charge on any atom is 0.335 e. The summed E-state index contributed by atoms with van der Waals surface area (Å²) < 4.78 is 25.6. The molecule has 1 heterocycles. The van der Waals surface area contributed by atoms with Crippen molar-refractivity contribution < 1.29 is 18.3 Å². The van der Waals surface area contributed by atoms with Crippen LogP contribution in [0.3, 0.4) is 0 Å². The van der Waals surface area contributed by atoms with Crippen LogP contribution in [0.25, 0.3) is 0 Å². The number of benzene rings is 1. The molecule has 0 amide bonds. The molecule has 1 fully saturated rings. The molecule has 1 N–H and O–H groups in total. The zero-order valence-corrected chi connectivity index (χ0v) is 10.7. The second-order valence-corrected chi connectivity index (χ2v) is 6.34. The largest absolute Gasteiger partial charge is 0.478 e. The fourth-order valence-electron chi connectivity index (χ4n) is 2.06. The first-order chi connectivity index (χ1) is 8.49. The molecule has 0 atom stereocenters. The van der Waals surface area contributed by atoms with Gasteiger partial charge in [-0.15, -0.1) is 0 Å². The highest BCUT2D eigenvalue weighted by Gasteiger charge is 2.25. The van der Waals surface area contributed by atoms with Crippen molar-refractivity contribution in [3.05, 3.63) is 35.4 Å². The Morgan fingerprint density at radius 1 is 1.28 bits per heavy atom. The molecule has 98 valence electrons. The molecular formula is C12H15NO4S. The molecule has 0 unspecified atom stereocenters. The Balaban J connectivity index is 2.18. The summed E-state index contributed by atoms with van der Waals surface area (Å²) in [7, 11) is -3.32. The highest BCUT2D eigenvalue weighted by atomic mass is 32.2. The van der Waals surface area contributed by atoms with Gasteiger partial charge in [0, 0.05) is 13.1 Å². The van der Waals surface area contributed by atoms with E-state index in [2.05, 4.69) is 0 Å². The third-order valence-corrected chi connectivity index (χ3v) is 4.83. The smallest absolute Gasteiger partial charge is 0.335 e. The van der Waals surface area contributed by atoms with Gasteiger partial charge in [0.05, 0.1) is 11.3 Å². The molecule has 5 nitrogen and oxygen atoms in total. The number of carboxylic acid groups (broad SMARTS) is 1. The van der Waals surface area contributed by atoms with E-state index in [0.717, 1.165) is 12.8 Å². The SMILES string of the molecule is O=C(O)c1cccc(CS(=O)(=O)N2CCCC2)c1. The fraction of sp³-hybridized carbons (Fsp3) is 0.417. The van der Waals surface area contributed by atoms with Crippen LogP contribution in [-0.2, 0) is 15.8 Å². The van der Waals surface area contributed by atoms with Crippen molar-refractivity contribution in [1.29, 1.82) is 0 Å². The number of sulfonamides is 1. The lowest BCUT2D eigenvalue weighted by atomic mass is 10.1. The highest BCUT2D eigenvalue weighted by Crippen LogP contribution is 2.17. The van der Waals surface area contributed by atoms with E-state index in [0.29, 0.717) is 18.7 Å². The van der Waals surface area contributed by atoms with Gasteiger partial charge in [0.15, 0.2) is 0 Å². The van der Waals surface area contributed by atoms with Crippen molar-refractivity contribution in [2.75, 3.05) is 13.1 Å². The molecule has 0 radical (unpaired) electrons. The monoisotopic (exact) mass is 269 g/mol. The number of nitrogens with zero attached hydrogens (tertiary/aromatic N) is 1. The third kappa shape index (κ3) is 2.88. The Bertz CT molecular complexity index is 547. The van der Waals surface area contributed by atoms with Gasteiger partial charge < -0.3 is 5.11 Å². The summed E-state index contributed by atoms with van der Waals surface area (Å²) in [6, 6.07) is 6.07. The first kappa shape index (κ1) is 13.0. The first-order valence-corrected chi connectivity index (χ1v) is 7.40. The Morgan fingerprint density at radius 2 is 1.94 bits per heavy atom. The lowest BCUT2D eigenvalue weighted by Crippen LogP contribution is -2.29. The highest BCUT2D eigenvalue weighted by molar-refractivity contribution is 7.88. The number of hydrogen-bond donors (Lipinski definition) is 1. The standard InChI is InChI=1S/C12H15NO4S/c14-12(15)11-5-3-4-10(8-11)9-18(16,17)13-6-1-2-7-13/h3-5,8H,1-2,6-7,9H2,(H,14,15). The van der Waals surface area contributed by atoms with Gasteiger partial charge in [-0.25, -0.2) is 17.5 Å². The molecule has 18 heavy (non-hydrogen) atoms. The second kappa shape index (κ2) is 5.07. The van der Waals surface area contributed by atoms with E-state index in [-0.39, 0.29) is 11.3 Å². The van der Waals surface area contributed by atoms with Gasteiger partial charge in [0.2, 0.25) is 10.0 Å². The fourth-order valence-corrected chi connectivity index (χ4v) is 3.66. The van der Waals surface area contributed by atoms with Crippen molar-refractivity contribution in [3.63, 3.8) is 0 Å². The molecule has 0 aromatic heterocycles. The third-order valence-electron chi connectivity index (χ3n) is 2.98. The Labute approximate surface area is 106 Å². The molecule has 1 saturated heterocycles. The molecule has 1 aromatic rings. The van der Waals surface area contributed by atoms with Crippen LogP contribution in [0.1, 0.15) is 28.8 Å². The molecule has 2 rings (SSSR count). The average Bonchev–Trinajstić information content (AvgIpc) is 2.82. The van der Waals surface area contributed by atoms with Crippen LogP contribution in [0, 0.1) is 0 Å². The van der Waals surface area contributed by atoms with Gasteiger partial charge in [-0.05, 0) is 30.5 Å². The molecule has 0 spiro atoms. The maximum atomic E-state index is 12.1. The van der Waals surface area contributed by atoms with Gasteiger partial charge >= 0.3 is 5.97 Å². The van der Waals surface area contributed by atoms with Crippen LogP contribution in [-0.4, -0.2) is 36.9 Å². The zero-order valence-electron chi connectivity index (χ0n) is 9.87. The predicted molar refractivity (Wildman–Crippen MR) is 66.8 cm³/mol. The Morgan fingerprint density at radius 3 is 2.56 bits per heavy atom.